The normalized spacial score (nSPS) is 11.0. The molecule has 0 radical (unpaired) electrons. The molecular weight excluding hydrogens is 418 g/mol. The predicted molar refractivity (Wildman–Crippen MR) is 128 cm³/mol. The molecule has 0 spiro atoms. The van der Waals surface area contributed by atoms with Gasteiger partial charge in [0.2, 0.25) is 5.82 Å². The minimum atomic E-state index is -1.01. The maximum absolute atomic E-state index is 14.5. The first-order valence-electron chi connectivity index (χ1n) is 10.7. The third kappa shape index (κ3) is 5.29. The lowest BCUT2D eigenvalue weighted by atomic mass is 10.0. The first kappa shape index (κ1) is 22.3. The third-order valence-electron chi connectivity index (χ3n) is 5.29. The van der Waals surface area contributed by atoms with E-state index in [1.54, 1.807) is 25.1 Å². The highest BCUT2D eigenvalue weighted by Crippen LogP contribution is 2.30. The molecule has 0 saturated heterocycles. The second-order valence-corrected chi connectivity index (χ2v) is 7.70. The van der Waals surface area contributed by atoms with E-state index in [9.17, 15) is 8.78 Å². The highest BCUT2D eigenvalue weighted by molar-refractivity contribution is 5.66. The summed E-state index contributed by atoms with van der Waals surface area (Å²) in [5, 5.41) is 0. The molecule has 0 N–H and O–H groups in total. The molecule has 33 heavy (non-hydrogen) atoms. The van der Waals surface area contributed by atoms with Crippen molar-refractivity contribution in [2.45, 2.75) is 20.5 Å². The molecule has 0 fully saturated rings. The van der Waals surface area contributed by atoms with E-state index < -0.39 is 11.6 Å². The van der Waals surface area contributed by atoms with E-state index in [2.05, 4.69) is 31.2 Å². The number of hydrogen-bond donors (Lipinski definition) is 0. The summed E-state index contributed by atoms with van der Waals surface area (Å²) in [7, 11) is 0. The fourth-order valence-electron chi connectivity index (χ4n) is 3.42. The predicted octanol–water partition coefficient (Wildman–Crippen LogP) is 8.10. The van der Waals surface area contributed by atoms with Gasteiger partial charge in [0, 0.05) is 5.56 Å². The summed E-state index contributed by atoms with van der Waals surface area (Å²) in [6.45, 7) is 4.17. The topological polar surface area (TPSA) is 18.5 Å². The summed E-state index contributed by atoms with van der Waals surface area (Å²) in [6.07, 6.45) is 2.91. The lowest BCUT2D eigenvalue weighted by Gasteiger charge is -2.10. The summed E-state index contributed by atoms with van der Waals surface area (Å²) < 4.78 is 39.7. The molecule has 0 heterocycles. The molecule has 0 bridgehead atoms. The van der Waals surface area contributed by atoms with Crippen molar-refractivity contribution in [2.75, 3.05) is 0 Å². The van der Waals surface area contributed by atoms with Gasteiger partial charge in [-0.05, 0) is 60.4 Å². The van der Waals surface area contributed by atoms with Gasteiger partial charge in [-0.3, -0.25) is 0 Å². The molecule has 0 aliphatic carbocycles. The molecule has 2 nitrogen and oxygen atoms in total. The Morgan fingerprint density at radius 1 is 0.697 bits per heavy atom. The van der Waals surface area contributed by atoms with Gasteiger partial charge in [-0.25, -0.2) is 4.39 Å². The molecule has 4 rings (SSSR count). The van der Waals surface area contributed by atoms with Crippen molar-refractivity contribution in [3.05, 3.63) is 120 Å². The van der Waals surface area contributed by atoms with E-state index in [0.29, 0.717) is 12.2 Å². The zero-order chi connectivity index (χ0) is 23.2. The zero-order valence-corrected chi connectivity index (χ0v) is 18.5. The van der Waals surface area contributed by atoms with Gasteiger partial charge in [-0.2, -0.15) is 4.39 Å². The number of ether oxygens (including phenoxy) is 2. The average molecular weight is 443 g/mol. The van der Waals surface area contributed by atoms with Crippen LogP contribution < -0.4 is 9.47 Å². The monoisotopic (exact) mass is 442 g/mol. The van der Waals surface area contributed by atoms with Crippen LogP contribution in [-0.4, -0.2) is 0 Å². The lowest BCUT2D eigenvalue weighted by Crippen LogP contribution is -1.97. The Bertz CT molecular complexity index is 1240. The Hall–Kier alpha value is -3.92. The Morgan fingerprint density at radius 2 is 1.30 bits per heavy atom. The number of aryl methyl sites for hydroxylation is 1. The fraction of sp³-hybridized carbons (Fsp3) is 0.103. The molecule has 0 aliphatic rings. The first-order valence-corrected chi connectivity index (χ1v) is 10.7. The van der Waals surface area contributed by atoms with Gasteiger partial charge in [0.05, 0.1) is 6.26 Å². The van der Waals surface area contributed by atoms with Crippen LogP contribution in [0.4, 0.5) is 8.78 Å². The summed E-state index contributed by atoms with van der Waals surface area (Å²) in [5.41, 5.74) is 5.20. The quantitative estimate of drug-likeness (QED) is 0.269. The molecular formula is C29H24F2O2. The third-order valence-corrected chi connectivity index (χ3v) is 5.29. The highest BCUT2D eigenvalue weighted by atomic mass is 19.2. The van der Waals surface area contributed by atoms with Crippen LogP contribution in [-0.2, 0) is 6.61 Å². The maximum atomic E-state index is 14.5. The van der Waals surface area contributed by atoms with Gasteiger partial charge < -0.3 is 9.47 Å². The Kier molecular flexibility index (Phi) is 6.84. The molecule has 0 unspecified atom stereocenters. The van der Waals surface area contributed by atoms with Crippen molar-refractivity contribution in [3.63, 3.8) is 0 Å². The molecule has 0 aromatic heterocycles. The minimum Gasteiger partial charge on any atom is -0.489 e. The molecule has 4 aromatic rings. The van der Waals surface area contributed by atoms with E-state index in [1.807, 2.05) is 36.4 Å². The molecule has 166 valence electrons. The lowest BCUT2D eigenvalue weighted by molar-refractivity contribution is 0.306. The van der Waals surface area contributed by atoms with Crippen LogP contribution in [0.3, 0.4) is 0 Å². The van der Waals surface area contributed by atoms with Gasteiger partial charge >= 0.3 is 0 Å². The molecule has 0 amide bonds. The van der Waals surface area contributed by atoms with Crippen LogP contribution in [0.15, 0.2) is 97.3 Å². The molecule has 0 atom stereocenters. The number of allylic oxidation sites excluding steroid dienone is 1. The van der Waals surface area contributed by atoms with E-state index in [-0.39, 0.29) is 11.3 Å². The van der Waals surface area contributed by atoms with Crippen molar-refractivity contribution < 1.29 is 18.3 Å². The standard InChI is InChI=1S/C29H24F2O2/c1-3-18-32-27-17-16-26(28(30)29(27)31)24-10-6-21(7-11-24)19-33-25-14-12-23(13-15-25)22-8-4-20(2)5-9-22/h3-18H,19H2,1-2H3/b18-3+. The zero-order valence-electron chi connectivity index (χ0n) is 18.5. The Labute approximate surface area is 192 Å². The van der Waals surface area contributed by atoms with Crippen molar-refractivity contribution in [3.8, 4) is 33.8 Å². The van der Waals surface area contributed by atoms with Crippen LogP contribution in [0.2, 0.25) is 0 Å². The fourth-order valence-corrected chi connectivity index (χ4v) is 3.42. The summed E-state index contributed by atoms with van der Waals surface area (Å²) in [5.74, 6) is -1.32. The number of halogens is 2. The van der Waals surface area contributed by atoms with Gasteiger partial charge in [0.15, 0.2) is 11.6 Å². The Morgan fingerprint density at radius 3 is 1.94 bits per heavy atom. The van der Waals surface area contributed by atoms with Crippen LogP contribution in [0.5, 0.6) is 11.5 Å². The second-order valence-electron chi connectivity index (χ2n) is 7.70. The SMILES string of the molecule is C/C=C/Oc1ccc(-c2ccc(COc3ccc(-c4ccc(C)cc4)cc3)cc2)c(F)c1F. The van der Waals surface area contributed by atoms with E-state index in [1.165, 1.54) is 24.0 Å². The molecule has 0 saturated carbocycles. The maximum Gasteiger partial charge on any atom is 0.201 e. The van der Waals surface area contributed by atoms with Gasteiger partial charge in [-0.15, -0.1) is 0 Å². The van der Waals surface area contributed by atoms with Crippen LogP contribution in [0, 0.1) is 18.6 Å². The van der Waals surface area contributed by atoms with Crippen LogP contribution in [0.25, 0.3) is 22.3 Å². The van der Waals surface area contributed by atoms with Gasteiger partial charge in [0.1, 0.15) is 12.4 Å². The number of rotatable bonds is 7. The van der Waals surface area contributed by atoms with Gasteiger partial charge in [0.25, 0.3) is 0 Å². The van der Waals surface area contributed by atoms with Crippen LogP contribution in [0.1, 0.15) is 18.1 Å². The smallest absolute Gasteiger partial charge is 0.201 e. The largest absolute Gasteiger partial charge is 0.489 e. The van der Waals surface area contributed by atoms with E-state index in [0.717, 1.165) is 22.4 Å². The Balaban J connectivity index is 1.41. The summed E-state index contributed by atoms with van der Waals surface area (Å²) >= 11 is 0. The minimum absolute atomic E-state index is 0.146. The van der Waals surface area contributed by atoms with Crippen molar-refractivity contribution in [2.24, 2.45) is 0 Å². The van der Waals surface area contributed by atoms with E-state index in [4.69, 9.17) is 9.47 Å². The molecule has 4 aromatic carbocycles. The second kappa shape index (κ2) is 10.1. The number of hydrogen-bond acceptors (Lipinski definition) is 2. The highest BCUT2D eigenvalue weighted by Gasteiger charge is 2.15. The summed E-state index contributed by atoms with van der Waals surface area (Å²) in [4.78, 5) is 0. The number of benzene rings is 4. The van der Waals surface area contributed by atoms with E-state index >= 15 is 0 Å². The first-order chi connectivity index (χ1) is 16.0. The van der Waals surface area contributed by atoms with Crippen molar-refractivity contribution >= 4 is 0 Å². The van der Waals surface area contributed by atoms with Crippen molar-refractivity contribution in [1.82, 2.24) is 0 Å². The molecule has 4 heteroatoms. The van der Waals surface area contributed by atoms with Gasteiger partial charge in [-0.1, -0.05) is 72.3 Å². The molecule has 0 aliphatic heterocycles. The summed E-state index contributed by atoms with van der Waals surface area (Å²) in [6, 6.07) is 26.5. The average Bonchev–Trinajstić information content (AvgIpc) is 2.85. The van der Waals surface area contributed by atoms with Crippen molar-refractivity contribution in [1.29, 1.82) is 0 Å². The van der Waals surface area contributed by atoms with Crippen LogP contribution >= 0.6 is 0 Å².